The lowest BCUT2D eigenvalue weighted by atomic mass is 10.1. The van der Waals surface area contributed by atoms with Crippen LogP contribution in [0.2, 0.25) is 5.04 Å². The van der Waals surface area contributed by atoms with E-state index in [0.717, 1.165) is 28.8 Å². The van der Waals surface area contributed by atoms with Gasteiger partial charge in [0.2, 0.25) is 0 Å². The Kier molecular flexibility index (Phi) is 7.30. The Morgan fingerprint density at radius 3 is 2.18 bits per heavy atom. The van der Waals surface area contributed by atoms with E-state index >= 15 is 4.21 Å². The standard InChI is InChI=1S/C30H39N3O3SSi/c1-6-36-29(34)28-25-19-20-26(22-17-18-22)31-37(35,27(25)21-33(28)5)32-38(30(2,3)4,23-13-9-7-10-14-23)24-15-11-8-12-16-24/h7-16,19-22,26,29,34H,6,17-18H2,1-5H3,(H,31,32,35)/t26-,29?,37?/m1/s1. The first-order valence-corrected chi connectivity index (χ1v) is 16.9. The minimum absolute atomic E-state index is 0.0562. The zero-order valence-corrected chi connectivity index (χ0v) is 24.7. The number of rotatable bonds is 7. The van der Waals surface area contributed by atoms with Gasteiger partial charge in [0.15, 0.2) is 6.29 Å². The molecule has 202 valence electrons. The van der Waals surface area contributed by atoms with Gasteiger partial charge in [-0.1, -0.05) is 93.6 Å². The normalized spacial score (nSPS) is 22.5. The van der Waals surface area contributed by atoms with Crippen molar-refractivity contribution < 1.29 is 14.1 Å². The highest BCUT2D eigenvalue weighted by atomic mass is 32.2. The van der Waals surface area contributed by atoms with E-state index in [2.05, 4.69) is 55.8 Å². The summed E-state index contributed by atoms with van der Waals surface area (Å²) in [5.41, 5.74) is 1.33. The van der Waals surface area contributed by atoms with Crippen molar-refractivity contribution in [3.05, 3.63) is 84.2 Å². The smallest absolute Gasteiger partial charge is 0.262 e. The van der Waals surface area contributed by atoms with Gasteiger partial charge in [0.25, 0.3) is 8.24 Å². The van der Waals surface area contributed by atoms with Crippen LogP contribution in [0.25, 0.3) is 6.08 Å². The molecule has 1 fully saturated rings. The fourth-order valence-electron chi connectivity index (χ4n) is 5.66. The number of benzene rings is 2. The average molecular weight is 550 g/mol. The predicted octanol–water partition coefficient (Wildman–Crippen LogP) is 4.75. The zero-order valence-electron chi connectivity index (χ0n) is 22.9. The van der Waals surface area contributed by atoms with E-state index in [1.165, 1.54) is 0 Å². The van der Waals surface area contributed by atoms with Crippen LogP contribution in [0.5, 0.6) is 0 Å². The van der Waals surface area contributed by atoms with Gasteiger partial charge in [-0.15, -0.1) is 0 Å². The van der Waals surface area contributed by atoms with Crippen LogP contribution in [0.4, 0.5) is 0 Å². The van der Waals surface area contributed by atoms with Crippen LogP contribution in [0.3, 0.4) is 0 Å². The van der Waals surface area contributed by atoms with E-state index in [0.29, 0.717) is 23.1 Å². The Balaban J connectivity index is 1.86. The highest BCUT2D eigenvalue weighted by Crippen LogP contribution is 2.42. The molecule has 2 heterocycles. The summed E-state index contributed by atoms with van der Waals surface area (Å²) in [6, 6.07) is 20.7. The molecule has 1 aliphatic heterocycles. The highest BCUT2D eigenvalue weighted by molar-refractivity contribution is 7.92. The maximum Gasteiger partial charge on any atom is 0.262 e. The summed E-state index contributed by atoms with van der Waals surface area (Å²) in [6.45, 7) is 8.88. The second-order valence-corrected chi connectivity index (χ2v) is 17.9. The number of ether oxygens (including phenoxy) is 1. The summed E-state index contributed by atoms with van der Waals surface area (Å²) in [5.74, 6) is 0.430. The Morgan fingerprint density at radius 1 is 1.11 bits per heavy atom. The Morgan fingerprint density at radius 2 is 1.68 bits per heavy atom. The largest absolute Gasteiger partial charge is 0.363 e. The number of aromatic nitrogens is 1. The fourth-order valence-corrected chi connectivity index (χ4v) is 14.7. The van der Waals surface area contributed by atoms with Gasteiger partial charge in [-0.3, -0.25) is 0 Å². The van der Waals surface area contributed by atoms with Crippen LogP contribution in [0, 0.1) is 5.92 Å². The number of nitrogens with zero attached hydrogens (tertiary/aromatic N) is 2. The number of hydrogen-bond donors (Lipinski definition) is 2. The van der Waals surface area contributed by atoms with Gasteiger partial charge in [-0.05, 0) is 41.1 Å². The molecule has 2 aromatic carbocycles. The van der Waals surface area contributed by atoms with Crippen molar-refractivity contribution in [2.75, 3.05) is 6.61 Å². The van der Waals surface area contributed by atoms with Crippen molar-refractivity contribution in [3.8, 4) is 0 Å². The van der Waals surface area contributed by atoms with E-state index in [-0.39, 0.29) is 11.1 Å². The molecule has 3 atom stereocenters. The molecular formula is C30H39N3O3SSi. The van der Waals surface area contributed by atoms with Gasteiger partial charge >= 0.3 is 0 Å². The molecule has 5 rings (SSSR count). The summed E-state index contributed by atoms with van der Waals surface area (Å²) < 4.78 is 32.1. The molecule has 0 amide bonds. The Labute approximate surface area is 228 Å². The van der Waals surface area contributed by atoms with Crippen molar-refractivity contribution in [1.82, 2.24) is 9.29 Å². The molecule has 0 saturated heterocycles. The van der Waals surface area contributed by atoms with Crippen LogP contribution >= 0.6 is 0 Å². The fraction of sp³-hybridized carbons (Fsp3) is 0.400. The monoisotopic (exact) mass is 549 g/mol. The molecule has 2 N–H and O–H groups in total. The molecule has 38 heavy (non-hydrogen) atoms. The van der Waals surface area contributed by atoms with Crippen molar-refractivity contribution in [1.29, 1.82) is 0 Å². The summed E-state index contributed by atoms with van der Waals surface area (Å²) in [7, 11) is -4.32. The highest BCUT2D eigenvalue weighted by Gasteiger charge is 2.51. The first kappa shape index (κ1) is 27.1. The third-order valence-corrected chi connectivity index (χ3v) is 15.9. The van der Waals surface area contributed by atoms with Gasteiger partial charge in [0.1, 0.15) is 9.92 Å². The van der Waals surface area contributed by atoms with Crippen LogP contribution < -0.4 is 15.1 Å². The summed E-state index contributed by atoms with van der Waals surface area (Å²) in [4.78, 5) is 0.612. The lowest BCUT2D eigenvalue weighted by molar-refractivity contribution is -0.102. The molecule has 2 unspecified atom stereocenters. The van der Waals surface area contributed by atoms with Crippen LogP contribution in [-0.2, 0) is 21.7 Å². The number of aliphatic hydroxyl groups excluding tert-OH is 1. The lowest BCUT2D eigenvalue weighted by Crippen LogP contribution is -2.64. The second-order valence-electron chi connectivity index (χ2n) is 11.4. The molecule has 2 aliphatic rings. The maximum absolute atomic E-state index is 15.5. The summed E-state index contributed by atoms with van der Waals surface area (Å²) >= 11 is 0. The molecule has 1 saturated carbocycles. The van der Waals surface area contributed by atoms with Crippen LogP contribution in [0.15, 0.2) is 81.9 Å². The number of fused-ring (bicyclic) bond motifs is 1. The van der Waals surface area contributed by atoms with Crippen molar-refractivity contribution in [3.63, 3.8) is 0 Å². The second kappa shape index (κ2) is 10.2. The van der Waals surface area contributed by atoms with E-state index < -0.39 is 24.4 Å². The van der Waals surface area contributed by atoms with Gasteiger partial charge in [-0.2, -0.15) is 0 Å². The SMILES string of the molecule is CCOC(O)c1c2c(cn1C)S(=O)(=N[Si](c1ccccc1)(c1ccccc1)C(C)(C)C)N[C@@H](C1CC1)C=C2. The summed E-state index contributed by atoms with van der Waals surface area (Å²) in [6.07, 6.45) is 7.06. The van der Waals surface area contributed by atoms with Crippen molar-refractivity contribution in [2.24, 2.45) is 17.0 Å². The maximum atomic E-state index is 15.5. The average Bonchev–Trinajstić information content (AvgIpc) is 3.69. The topological polar surface area (TPSA) is 75.8 Å². The quantitative estimate of drug-likeness (QED) is 0.330. The van der Waals surface area contributed by atoms with Crippen LogP contribution in [0.1, 0.15) is 58.1 Å². The van der Waals surface area contributed by atoms with Gasteiger partial charge in [-0.25, -0.2) is 13.0 Å². The van der Waals surface area contributed by atoms with Gasteiger partial charge in [0.05, 0.1) is 10.6 Å². The molecule has 0 bridgehead atoms. The van der Waals surface area contributed by atoms with Crippen LogP contribution in [-0.4, -0.2) is 34.8 Å². The zero-order chi connectivity index (χ0) is 27.1. The third-order valence-electron chi connectivity index (χ3n) is 7.72. The number of aryl methyl sites for hydroxylation is 1. The lowest BCUT2D eigenvalue weighted by Gasteiger charge is -2.40. The summed E-state index contributed by atoms with van der Waals surface area (Å²) in [5, 5.41) is 12.9. The molecular weight excluding hydrogens is 511 g/mol. The predicted molar refractivity (Wildman–Crippen MR) is 157 cm³/mol. The molecule has 0 spiro atoms. The van der Waals surface area contributed by atoms with Gasteiger partial charge < -0.3 is 14.4 Å². The number of aliphatic hydroxyl groups is 1. The first-order chi connectivity index (χ1) is 18.1. The van der Waals surface area contributed by atoms with Crippen molar-refractivity contribution >= 4 is 34.6 Å². The molecule has 6 nitrogen and oxygen atoms in total. The van der Waals surface area contributed by atoms with Gasteiger partial charge in [0, 0.05) is 31.5 Å². The van der Waals surface area contributed by atoms with E-state index in [1.54, 1.807) is 0 Å². The molecule has 1 aromatic heterocycles. The minimum Gasteiger partial charge on any atom is -0.363 e. The molecule has 1 aliphatic carbocycles. The molecule has 8 heteroatoms. The number of hydrogen-bond acceptors (Lipinski definition) is 4. The first-order valence-electron chi connectivity index (χ1n) is 13.4. The third kappa shape index (κ3) is 4.73. The van der Waals surface area contributed by atoms with E-state index in [1.807, 2.05) is 67.2 Å². The Bertz CT molecular complexity index is 1390. The number of nitrogens with one attached hydrogen (secondary N) is 1. The Hall–Kier alpha value is -2.49. The van der Waals surface area contributed by atoms with E-state index in [9.17, 15) is 5.11 Å². The minimum atomic E-state index is -3.14. The molecule has 3 aromatic rings. The van der Waals surface area contributed by atoms with E-state index in [4.69, 9.17) is 8.77 Å². The molecule has 0 radical (unpaired) electrons. The van der Waals surface area contributed by atoms with Crippen molar-refractivity contribution in [2.45, 2.75) is 62.8 Å².